The average molecular weight is 244 g/mol. The highest BCUT2D eigenvalue weighted by molar-refractivity contribution is 4.66. The van der Waals surface area contributed by atoms with E-state index >= 15 is 0 Å². The maximum atomic E-state index is 5.40. The topological polar surface area (TPSA) is 33.7 Å². The molecule has 0 aromatic carbocycles. The Balaban J connectivity index is 1.69. The first-order valence-electron chi connectivity index (χ1n) is 6.93. The van der Waals surface area contributed by atoms with Crippen LogP contribution >= 0.6 is 0 Å². The Morgan fingerprint density at radius 3 is 2.59 bits per heavy atom. The maximum absolute atomic E-state index is 5.40. The lowest BCUT2D eigenvalue weighted by molar-refractivity contribution is 0.0688. The van der Waals surface area contributed by atoms with Gasteiger partial charge >= 0.3 is 0 Å². The van der Waals surface area contributed by atoms with Crippen molar-refractivity contribution in [3.05, 3.63) is 0 Å². The SMILES string of the molecule is COCCOCCCCNCCN1CCCC1. The first kappa shape index (κ1) is 14.9. The lowest BCUT2D eigenvalue weighted by atomic mass is 10.3. The van der Waals surface area contributed by atoms with Crippen molar-refractivity contribution in [2.45, 2.75) is 25.7 Å². The number of nitrogens with zero attached hydrogens (tertiary/aromatic N) is 1. The smallest absolute Gasteiger partial charge is 0.0700 e. The average Bonchev–Trinajstić information content (AvgIpc) is 2.85. The molecule has 0 aromatic rings. The molecule has 102 valence electrons. The van der Waals surface area contributed by atoms with E-state index in [1.807, 2.05) is 0 Å². The summed E-state index contributed by atoms with van der Waals surface area (Å²) in [5.74, 6) is 0. The van der Waals surface area contributed by atoms with Gasteiger partial charge in [0.05, 0.1) is 13.2 Å². The van der Waals surface area contributed by atoms with Gasteiger partial charge in [-0.1, -0.05) is 0 Å². The first-order chi connectivity index (χ1) is 8.43. The first-order valence-corrected chi connectivity index (χ1v) is 6.93. The minimum absolute atomic E-state index is 0.702. The Bertz CT molecular complexity index is 161. The van der Waals surface area contributed by atoms with Crippen LogP contribution in [0.5, 0.6) is 0 Å². The fraction of sp³-hybridized carbons (Fsp3) is 1.00. The molecular formula is C13H28N2O2. The molecule has 1 N–H and O–H groups in total. The number of likely N-dealkylation sites (tertiary alicyclic amines) is 1. The Morgan fingerprint density at radius 1 is 1.00 bits per heavy atom. The molecule has 0 bridgehead atoms. The van der Waals surface area contributed by atoms with Crippen molar-refractivity contribution < 1.29 is 9.47 Å². The zero-order valence-corrected chi connectivity index (χ0v) is 11.2. The molecule has 0 amide bonds. The van der Waals surface area contributed by atoms with Gasteiger partial charge in [-0.05, 0) is 45.3 Å². The molecule has 17 heavy (non-hydrogen) atoms. The minimum Gasteiger partial charge on any atom is -0.382 e. The molecule has 1 rings (SSSR count). The van der Waals surface area contributed by atoms with Gasteiger partial charge in [0.2, 0.25) is 0 Å². The fourth-order valence-electron chi connectivity index (χ4n) is 2.07. The normalized spacial score (nSPS) is 16.8. The quantitative estimate of drug-likeness (QED) is 0.552. The van der Waals surface area contributed by atoms with Gasteiger partial charge in [0.15, 0.2) is 0 Å². The Kier molecular flexibility index (Phi) is 9.61. The van der Waals surface area contributed by atoms with E-state index < -0.39 is 0 Å². The van der Waals surface area contributed by atoms with Crippen LogP contribution < -0.4 is 5.32 Å². The number of hydrogen-bond acceptors (Lipinski definition) is 4. The molecule has 0 unspecified atom stereocenters. The van der Waals surface area contributed by atoms with E-state index in [4.69, 9.17) is 9.47 Å². The van der Waals surface area contributed by atoms with E-state index in [0.29, 0.717) is 6.61 Å². The number of rotatable bonds is 11. The number of ether oxygens (including phenoxy) is 2. The van der Waals surface area contributed by atoms with Crippen molar-refractivity contribution in [1.29, 1.82) is 0 Å². The van der Waals surface area contributed by atoms with Gasteiger partial charge in [-0.3, -0.25) is 0 Å². The summed E-state index contributed by atoms with van der Waals surface area (Å²) >= 11 is 0. The third kappa shape index (κ3) is 8.55. The van der Waals surface area contributed by atoms with Gasteiger partial charge < -0.3 is 19.7 Å². The van der Waals surface area contributed by atoms with Crippen LogP contribution in [0, 0.1) is 0 Å². The highest BCUT2D eigenvalue weighted by Crippen LogP contribution is 2.05. The molecule has 0 aromatic heterocycles. The molecule has 4 nitrogen and oxygen atoms in total. The van der Waals surface area contributed by atoms with Gasteiger partial charge in [-0.2, -0.15) is 0 Å². The summed E-state index contributed by atoms with van der Waals surface area (Å²) in [6.45, 7) is 8.34. The summed E-state index contributed by atoms with van der Waals surface area (Å²) in [4.78, 5) is 2.54. The Labute approximate surface area is 106 Å². The summed E-state index contributed by atoms with van der Waals surface area (Å²) in [5.41, 5.74) is 0. The van der Waals surface area contributed by atoms with Crippen molar-refractivity contribution in [3.8, 4) is 0 Å². The number of unbranched alkanes of at least 4 members (excludes halogenated alkanes) is 1. The molecule has 0 saturated carbocycles. The monoisotopic (exact) mass is 244 g/mol. The predicted octanol–water partition coefficient (Wildman–Crippen LogP) is 1.12. The van der Waals surface area contributed by atoms with Crippen LogP contribution in [-0.2, 0) is 9.47 Å². The Hall–Kier alpha value is -0.160. The van der Waals surface area contributed by atoms with Crippen molar-refractivity contribution >= 4 is 0 Å². The highest BCUT2D eigenvalue weighted by atomic mass is 16.5. The van der Waals surface area contributed by atoms with E-state index in [-0.39, 0.29) is 0 Å². The molecule has 4 heteroatoms. The van der Waals surface area contributed by atoms with Gasteiger partial charge in [0.25, 0.3) is 0 Å². The highest BCUT2D eigenvalue weighted by Gasteiger charge is 2.09. The van der Waals surface area contributed by atoms with Crippen molar-refractivity contribution in [2.24, 2.45) is 0 Å². The summed E-state index contributed by atoms with van der Waals surface area (Å²) in [6.07, 6.45) is 5.12. The molecular weight excluding hydrogens is 216 g/mol. The molecule has 1 heterocycles. The van der Waals surface area contributed by atoms with Gasteiger partial charge in [0, 0.05) is 26.8 Å². The standard InChI is InChI=1S/C13H28N2O2/c1-16-12-13-17-11-5-2-6-14-7-10-15-8-3-4-9-15/h14H,2-13H2,1H3. The molecule has 0 aliphatic carbocycles. The lowest BCUT2D eigenvalue weighted by Gasteiger charge is -2.14. The molecule has 0 radical (unpaired) electrons. The second-order valence-corrected chi connectivity index (χ2v) is 4.61. The molecule has 0 atom stereocenters. The van der Waals surface area contributed by atoms with Crippen LogP contribution in [0.2, 0.25) is 0 Å². The van der Waals surface area contributed by atoms with E-state index in [1.165, 1.54) is 38.9 Å². The predicted molar refractivity (Wildman–Crippen MR) is 70.5 cm³/mol. The van der Waals surface area contributed by atoms with E-state index in [0.717, 1.165) is 32.7 Å². The maximum Gasteiger partial charge on any atom is 0.0700 e. The molecule has 0 spiro atoms. The van der Waals surface area contributed by atoms with Crippen LogP contribution in [-0.4, -0.2) is 64.6 Å². The number of methoxy groups -OCH3 is 1. The van der Waals surface area contributed by atoms with Crippen molar-refractivity contribution in [2.75, 3.05) is 59.7 Å². The zero-order valence-electron chi connectivity index (χ0n) is 11.2. The zero-order chi connectivity index (χ0) is 12.2. The second kappa shape index (κ2) is 11.0. The molecule has 1 aliphatic rings. The third-order valence-electron chi connectivity index (χ3n) is 3.13. The van der Waals surface area contributed by atoms with E-state index in [1.54, 1.807) is 7.11 Å². The summed E-state index contributed by atoms with van der Waals surface area (Å²) in [6, 6.07) is 0. The lowest BCUT2D eigenvalue weighted by Crippen LogP contribution is -2.30. The second-order valence-electron chi connectivity index (χ2n) is 4.61. The van der Waals surface area contributed by atoms with Gasteiger partial charge in [-0.25, -0.2) is 0 Å². The van der Waals surface area contributed by atoms with Crippen LogP contribution in [0.3, 0.4) is 0 Å². The molecule has 1 saturated heterocycles. The van der Waals surface area contributed by atoms with Crippen LogP contribution in [0.25, 0.3) is 0 Å². The van der Waals surface area contributed by atoms with Crippen molar-refractivity contribution in [3.63, 3.8) is 0 Å². The third-order valence-corrected chi connectivity index (χ3v) is 3.13. The minimum atomic E-state index is 0.702. The van der Waals surface area contributed by atoms with E-state index in [2.05, 4.69) is 10.2 Å². The summed E-state index contributed by atoms with van der Waals surface area (Å²) < 4.78 is 10.3. The number of nitrogens with one attached hydrogen (secondary N) is 1. The van der Waals surface area contributed by atoms with Crippen LogP contribution in [0.1, 0.15) is 25.7 Å². The molecule has 1 fully saturated rings. The summed E-state index contributed by atoms with van der Waals surface area (Å²) in [5, 5.41) is 3.49. The number of hydrogen-bond donors (Lipinski definition) is 1. The largest absolute Gasteiger partial charge is 0.382 e. The fourth-order valence-corrected chi connectivity index (χ4v) is 2.07. The van der Waals surface area contributed by atoms with Crippen LogP contribution in [0.15, 0.2) is 0 Å². The van der Waals surface area contributed by atoms with Crippen molar-refractivity contribution in [1.82, 2.24) is 10.2 Å². The summed E-state index contributed by atoms with van der Waals surface area (Å²) in [7, 11) is 1.70. The van der Waals surface area contributed by atoms with Gasteiger partial charge in [0.1, 0.15) is 0 Å². The molecule has 1 aliphatic heterocycles. The Morgan fingerprint density at radius 2 is 1.82 bits per heavy atom. The van der Waals surface area contributed by atoms with E-state index in [9.17, 15) is 0 Å². The van der Waals surface area contributed by atoms with Gasteiger partial charge in [-0.15, -0.1) is 0 Å². The van der Waals surface area contributed by atoms with Crippen LogP contribution in [0.4, 0.5) is 0 Å².